The Kier molecular flexibility index (Phi) is 6.09. The lowest BCUT2D eigenvalue weighted by atomic mass is 9.78. The molecule has 22 heavy (non-hydrogen) atoms. The molecule has 4 nitrogen and oxygen atoms in total. The number of nitrogens with one attached hydrogen (secondary N) is 1. The third-order valence-electron chi connectivity index (χ3n) is 4.71. The quantitative estimate of drug-likeness (QED) is 0.887. The van der Waals surface area contributed by atoms with Crippen LogP contribution < -0.4 is 11.1 Å². The lowest BCUT2D eigenvalue weighted by Crippen LogP contribution is -2.38. The molecule has 2 fully saturated rings. The maximum atomic E-state index is 12.1. The van der Waals surface area contributed by atoms with Gasteiger partial charge in [-0.3, -0.25) is 9.69 Å². The molecule has 122 valence electrons. The van der Waals surface area contributed by atoms with Crippen LogP contribution >= 0.6 is 24.0 Å². The molecule has 1 saturated heterocycles. The largest absolute Gasteiger partial charge is 0.327 e. The molecule has 0 spiro atoms. The molecule has 6 heteroatoms. The molecule has 2 aliphatic rings. The fourth-order valence-electron chi connectivity index (χ4n) is 3.71. The Bertz CT molecular complexity index is 526. The monoisotopic (exact) mass is 343 g/mol. The molecule has 3 N–H and O–H groups in total. The van der Waals surface area contributed by atoms with Crippen molar-refractivity contribution in [3.8, 4) is 0 Å². The first-order valence-corrected chi connectivity index (χ1v) is 8.03. The van der Waals surface area contributed by atoms with E-state index >= 15 is 0 Å². The van der Waals surface area contributed by atoms with E-state index in [9.17, 15) is 4.79 Å². The first-order valence-electron chi connectivity index (χ1n) is 7.65. The number of benzene rings is 1. The Balaban J connectivity index is 0.00000176. The molecule has 1 aromatic rings. The van der Waals surface area contributed by atoms with Crippen molar-refractivity contribution in [2.24, 2.45) is 17.6 Å². The standard InChI is InChI=1S/C16H22ClN3O.ClH/c17-12-4-2-5-13(7-12)19-16(21)10-20-8-11-3-1-6-15(18)14(11)9-20;/h2,4-5,7,11,14-15H,1,3,6,8-10,18H2,(H,19,21);1H. The summed E-state index contributed by atoms with van der Waals surface area (Å²) in [5.41, 5.74) is 6.96. The minimum absolute atomic E-state index is 0. The number of hydrogen-bond acceptors (Lipinski definition) is 3. The molecule has 1 aliphatic carbocycles. The average molecular weight is 344 g/mol. The number of carbonyl (C=O) groups excluding carboxylic acids is 1. The SMILES string of the molecule is Cl.NC1CCCC2CN(CC(=O)Nc3cccc(Cl)c3)CC12. The normalized spacial score (nSPS) is 27.8. The summed E-state index contributed by atoms with van der Waals surface area (Å²) < 4.78 is 0. The molecular formula is C16H23Cl2N3O. The average Bonchev–Trinajstić information content (AvgIpc) is 2.82. The molecule has 3 unspecified atom stereocenters. The van der Waals surface area contributed by atoms with E-state index in [4.69, 9.17) is 17.3 Å². The van der Waals surface area contributed by atoms with Gasteiger partial charge in [0.25, 0.3) is 0 Å². The van der Waals surface area contributed by atoms with Crippen molar-refractivity contribution in [1.29, 1.82) is 0 Å². The zero-order valence-corrected chi connectivity index (χ0v) is 14.1. The number of carbonyl (C=O) groups is 1. The van der Waals surface area contributed by atoms with Gasteiger partial charge in [0.05, 0.1) is 6.54 Å². The maximum Gasteiger partial charge on any atom is 0.238 e. The summed E-state index contributed by atoms with van der Waals surface area (Å²) in [6.07, 6.45) is 3.61. The summed E-state index contributed by atoms with van der Waals surface area (Å²) in [6.45, 7) is 2.39. The van der Waals surface area contributed by atoms with Crippen molar-refractivity contribution in [1.82, 2.24) is 4.90 Å². The molecule has 0 bridgehead atoms. The Hall–Kier alpha value is -0.810. The molecule has 0 aromatic heterocycles. The number of anilines is 1. The van der Waals surface area contributed by atoms with Gasteiger partial charge in [0, 0.05) is 29.8 Å². The molecule has 1 aromatic carbocycles. The van der Waals surface area contributed by atoms with E-state index in [1.54, 1.807) is 12.1 Å². The molecule has 1 heterocycles. The summed E-state index contributed by atoms with van der Waals surface area (Å²) in [5, 5.41) is 3.54. The van der Waals surface area contributed by atoms with Crippen LogP contribution in [0.25, 0.3) is 0 Å². The molecule has 1 saturated carbocycles. The Morgan fingerprint density at radius 1 is 1.36 bits per heavy atom. The van der Waals surface area contributed by atoms with Gasteiger partial charge in [-0.2, -0.15) is 0 Å². The summed E-state index contributed by atoms with van der Waals surface area (Å²) in [7, 11) is 0. The Morgan fingerprint density at radius 3 is 2.91 bits per heavy atom. The van der Waals surface area contributed by atoms with Crippen molar-refractivity contribution in [2.45, 2.75) is 25.3 Å². The smallest absolute Gasteiger partial charge is 0.238 e. The van der Waals surface area contributed by atoms with E-state index in [2.05, 4.69) is 10.2 Å². The van der Waals surface area contributed by atoms with Crippen molar-refractivity contribution >= 4 is 35.6 Å². The van der Waals surface area contributed by atoms with Gasteiger partial charge in [0.15, 0.2) is 0 Å². The third-order valence-corrected chi connectivity index (χ3v) is 4.94. The van der Waals surface area contributed by atoms with Crippen LogP contribution in [0, 0.1) is 11.8 Å². The Labute approximate surface area is 142 Å². The zero-order valence-electron chi connectivity index (χ0n) is 12.5. The van der Waals surface area contributed by atoms with E-state index in [0.717, 1.165) is 25.2 Å². The third kappa shape index (κ3) is 4.13. The Morgan fingerprint density at radius 2 is 2.18 bits per heavy atom. The highest BCUT2D eigenvalue weighted by molar-refractivity contribution is 6.30. The summed E-state index contributed by atoms with van der Waals surface area (Å²) in [6, 6.07) is 7.55. The van der Waals surface area contributed by atoms with Crippen LogP contribution in [-0.4, -0.2) is 36.5 Å². The number of halogens is 2. The molecule has 1 amide bonds. The highest BCUT2D eigenvalue weighted by Gasteiger charge is 2.38. The van der Waals surface area contributed by atoms with E-state index < -0.39 is 0 Å². The van der Waals surface area contributed by atoms with Crippen LogP contribution in [0.5, 0.6) is 0 Å². The second kappa shape index (κ2) is 7.64. The van der Waals surface area contributed by atoms with E-state index in [-0.39, 0.29) is 18.3 Å². The molecular weight excluding hydrogens is 321 g/mol. The van der Waals surface area contributed by atoms with E-state index in [0.29, 0.717) is 29.4 Å². The van der Waals surface area contributed by atoms with Crippen LogP contribution in [0.1, 0.15) is 19.3 Å². The predicted molar refractivity (Wildman–Crippen MR) is 92.6 cm³/mol. The first-order chi connectivity index (χ1) is 10.1. The molecule has 3 atom stereocenters. The van der Waals surface area contributed by atoms with Crippen molar-refractivity contribution < 1.29 is 4.79 Å². The van der Waals surface area contributed by atoms with Crippen molar-refractivity contribution in [3.63, 3.8) is 0 Å². The highest BCUT2D eigenvalue weighted by Crippen LogP contribution is 2.35. The lowest BCUT2D eigenvalue weighted by molar-refractivity contribution is -0.117. The van der Waals surface area contributed by atoms with Gasteiger partial charge in [-0.25, -0.2) is 0 Å². The van der Waals surface area contributed by atoms with Gasteiger partial charge in [-0.1, -0.05) is 24.1 Å². The number of nitrogens with zero attached hydrogens (tertiary/aromatic N) is 1. The highest BCUT2D eigenvalue weighted by atomic mass is 35.5. The van der Waals surface area contributed by atoms with Gasteiger partial charge < -0.3 is 11.1 Å². The fourth-order valence-corrected chi connectivity index (χ4v) is 3.90. The van der Waals surface area contributed by atoms with Gasteiger partial charge >= 0.3 is 0 Å². The van der Waals surface area contributed by atoms with Crippen LogP contribution in [0.15, 0.2) is 24.3 Å². The number of rotatable bonds is 3. The van der Waals surface area contributed by atoms with Gasteiger partial charge in [-0.15, -0.1) is 12.4 Å². The number of likely N-dealkylation sites (tertiary alicyclic amines) is 1. The fraction of sp³-hybridized carbons (Fsp3) is 0.562. The van der Waals surface area contributed by atoms with Crippen molar-refractivity contribution in [2.75, 3.05) is 25.0 Å². The molecule has 0 radical (unpaired) electrons. The first kappa shape index (κ1) is 17.5. The predicted octanol–water partition coefficient (Wildman–Crippen LogP) is 2.76. The minimum atomic E-state index is 0. The maximum absolute atomic E-state index is 12.1. The van der Waals surface area contributed by atoms with Gasteiger partial charge in [0.1, 0.15) is 0 Å². The van der Waals surface area contributed by atoms with E-state index in [1.165, 1.54) is 12.8 Å². The topological polar surface area (TPSA) is 58.4 Å². The summed E-state index contributed by atoms with van der Waals surface area (Å²) >= 11 is 5.92. The number of amides is 1. The van der Waals surface area contributed by atoms with Gasteiger partial charge in [0.2, 0.25) is 5.91 Å². The van der Waals surface area contributed by atoms with Crippen LogP contribution in [0.3, 0.4) is 0 Å². The second-order valence-electron chi connectivity index (χ2n) is 6.27. The second-order valence-corrected chi connectivity index (χ2v) is 6.71. The number of fused-ring (bicyclic) bond motifs is 1. The van der Waals surface area contributed by atoms with Crippen molar-refractivity contribution in [3.05, 3.63) is 29.3 Å². The van der Waals surface area contributed by atoms with Crippen LogP contribution in [0.4, 0.5) is 5.69 Å². The van der Waals surface area contributed by atoms with Crippen LogP contribution in [-0.2, 0) is 4.79 Å². The summed E-state index contributed by atoms with van der Waals surface area (Å²) in [4.78, 5) is 14.4. The lowest BCUT2D eigenvalue weighted by Gasteiger charge is -2.29. The molecule has 3 rings (SSSR count). The van der Waals surface area contributed by atoms with Crippen LogP contribution in [0.2, 0.25) is 5.02 Å². The molecule has 1 aliphatic heterocycles. The number of hydrogen-bond donors (Lipinski definition) is 2. The van der Waals surface area contributed by atoms with E-state index in [1.807, 2.05) is 12.1 Å². The number of nitrogens with two attached hydrogens (primary N) is 1. The zero-order chi connectivity index (χ0) is 14.8. The van der Waals surface area contributed by atoms with Gasteiger partial charge in [-0.05, 0) is 42.9 Å². The minimum Gasteiger partial charge on any atom is -0.327 e. The summed E-state index contributed by atoms with van der Waals surface area (Å²) in [5.74, 6) is 1.26.